The van der Waals surface area contributed by atoms with Crippen LogP contribution in [0.2, 0.25) is 5.02 Å². The molecule has 0 radical (unpaired) electrons. The molecule has 2 N–H and O–H groups in total. The van der Waals surface area contributed by atoms with Crippen molar-refractivity contribution in [2.24, 2.45) is 5.73 Å². The van der Waals surface area contributed by atoms with E-state index in [1.807, 2.05) is 6.07 Å². The summed E-state index contributed by atoms with van der Waals surface area (Å²) in [5.41, 5.74) is 6.29. The number of primary amides is 1. The Morgan fingerprint density at radius 1 is 1.45 bits per heavy atom. The largest absolute Gasteiger partial charge is 0.451 e. The van der Waals surface area contributed by atoms with Gasteiger partial charge in [-0.15, -0.1) is 11.3 Å². The molecule has 5 nitrogen and oxygen atoms in total. The maximum atomic E-state index is 11.8. The van der Waals surface area contributed by atoms with Gasteiger partial charge in [-0.1, -0.05) is 23.7 Å². The number of hydrogen-bond acceptors (Lipinski definition) is 5. The normalized spacial score (nSPS) is 10.3. The fourth-order valence-corrected chi connectivity index (χ4v) is 2.68. The zero-order valence-electron chi connectivity index (χ0n) is 10.6. The van der Waals surface area contributed by atoms with Crippen LogP contribution >= 0.6 is 22.9 Å². The highest BCUT2D eigenvalue weighted by Gasteiger charge is 2.18. The van der Waals surface area contributed by atoms with E-state index in [2.05, 4.69) is 4.98 Å². The number of hydrogen-bond donors (Lipinski definition) is 1. The maximum absolute atomic E-state index is 11.8. The molecule has 0 aliphatic carbocycles. The SMILES string of the molecule is Cc1nc(-c2cccc(Cl)c2)sc1C(=O)OCC(N)=O. The van der Waals surface area contributed by atoms with Gasteiger partial charge >= 0.3 is 5.97 Å². The predicted octanol–water partition coefficient (Wildman–Crippen LogP) is 2.41. The van der Waals surface area contributed by atoms with Crippen molar-refractivity contribution in [3.63, 3.8) is 0 Å². The fraction of sp³-hybridized carbons (Fsp3) is 0.154. The molecule has 0 aliphatic rings. The Bertz CT molecular complexity index is 669. The Kier molecular flexibility index (Phi) is 4.36. The number of esters is 1. The standard InChI is InChI=1S/C13H11ClN2O3S/c1-7-11(13(18)19-6-10(15)17)20-12(16-7)8-3-2-4-9(14)5-8/h2-5H,6H2,1H3,(H2,15,17). The molecule has 0 aliphatic heterocycles. The third-order valence-electron chi connectivity index (χ3n) is 2.40. The van der Waals surface area contributed by atoms with E-state index < -0.39 is 18.5 Å². The zero-order valence-corrected chi connectivity index (χ0v) is 12.1. The minimum atomic E-state index is -0.699. The van der Waals surface area contributed by atoms with Gasteiger partial charge in [0.05, 0.1) is 5.69 Å². The van der Waals surface area contributed by atoms with Crippen molar-refractivity contribution in [3.05, 3.63) is 39.9 Å². The van der Waals surface area contributed by atoms with Gasteiger partial charge in [-0.05, 0) is 19.1 Å². The monoisotopic (exact) mass is 310 g/mol. The van der Waals surface area contributed by atoms with Crippen LogP contribution in [0.25, 0.3) is 10.6 Å². The minimum Gasteiger partial charge on any atom is -0.451 e. The van der Waals surface area contributed by atoms with E-state index in [-0.39, 0.29) is 0 Å². The van der Waals surface area contributed by atoms with Crippen molar-refractivity contribution in [2.75, 3.05) is 6.61 Å². The van der Waals surface area contributed by atoms with Crippen LogP contribution in [0.15, 0.2) is 24.3 Å². The lowest BCUT2D eigenvalue weighted by Crippen LogP contribution is -2.20. The molecule has 1 aromatic heterocycles. The van der Waals surface area contributed by atoms with Crippen LogP contribution in [0.5, 0.6) is 0 Å². The first-order valence-electron chi connectivity index (χ1n) is 5.66. The molecule has 0 saturated heterocycles. The number of nitrogens with zero attached hydrogens (tertiary/aromatic N) is 1. The fourth-order valence-electron chi connectivity index (χ4n) is 1.53. The van der Waals surface area contributed by atoms with Crippen LogP contribution in [0.4, 0.5) is 0 Å². The number of halogens is 1. The van der Waals surface area contributed by atoms with Crippen LogP contribution in [0.3, 0.4) is 0 Å². The predicted molar refractivity (Wildman–Crippen MR) is 76.8 cm³/mol. The Hall–Kier alpha value is -1.92. The molecule has 0 atom stereocenters. The quantitative estimate of drug-likeness (QED) is 0.879. The van der Waals surface area contributed by atoms with Gasteiger partial charge in [0.1, 0.15) is 9.88 Å². The lowest BCUT2D eigenvalue weighted by Gasteiger charge is -1.99. The summed E-state index contributed by atoms with van der Waals surface area (Å²) in [6.45, 7) is 1.26. The molecule has 1 amide bonds. The first kappa shape index (κ1) is 14.5. The summed E-state index contributed by atoms with van der Waals surface area (Å²) in [5, 5.41) is 1.25. The van der Waals surface area contributed by atoms with Crippen molar-refractivity contribution in [1.29, 1.82) is 0 Å². The van der Waals surface area contributed by atoms with Crippen molar-refractivity contribution in [1.82, 2.24) is 4.98 Å². The van der Waals surface area contributed by atoms with Crippen molar-refractivity contribution < 1.29 is 14.3 Å². The summed E-state index contributed by atoms with van der Waals surface area (Å²) < 4.78 is 4.77. The molecule has 0 fully saturated rings. The van der Waals surface area contributed by atoms with E-state index in [0.29, 0.717) is 20.6 Å². The molecule has 0 saturated carbocycles. The summed E-state index contributed by atoms with van der Waals surface area (Å²) >= 11 is 7.11. The summed E-state index contributed by atoms with van der Waals surface area (Å²) in [4.78, 5) is 27.1. The topological polar surface area (TPSA) is 82.3 Å². The molecule has 0 spiro atoms. The molecule has 2 rings (SSSR count). The number of thiazole rings is 1. The van der Waals surface area contributed by atoms with Gasteiger partial charge in [-0.3, -0.25) is 4.79 Å². The third-order valence-corrected chi connectivity index (χ3v) is 3.82. The Morgan fingerprint density at radius 3 is 2.85 bits per heavy atom. The van der Waals surface area contributed by atoms with E-state index in [1.54, 1.807) is 25.1 Å². The van der Waals surface area contributed by atoms with Crippen LogP contribution in [0, 0.1) is 6.92 Å². The number of ether oxygens (including phenoxy) is 1. The Balaban J connectivity index is 2.25. The highest BCUT2D eigenvalue weighted by Crippen LogP contribution is 2.29. The Morgan fingerprint density at radius 2 is 2.20 bits per heavy atom. The van der Waals surface area contributed by atoms with Gasteiger partial charge in [0.15, 0.2) is 6.61 Å². The number of aryl methyl sites for hydroxylation is 1. The van der Waals surface area contributed by atoms with Crippen LogP contribution in [-0.4, -0.2) is 23.5 Å². The second-order valence-electron chi connectivity index (χ2n) is 3.99. The first-order valence-corrected chi connectivity index (χ1v) is 6.85. The number of amides is 1. The number of benzene rings is 1. The molecule has 0 bridgehead atoms. The average molecular weight is 311 g/mol. The highest BCUT2D eigenvalue weighted by atomic mass is 35.5. The van der Waals surface area contributed by atoms with E-state index in [1.165, 1.54) is 11.3 Å². The molecule has 2 aromatic rings. The van der Waals surface area contributed by atoms with Crippen LogP contribution in [0.1, 0.15) is 15.4 Å². The second kappa shape index (κ2) is 6.02. The van der Waals surface area contributed by atoms with Gasteiger partial charge in [0.25, 0.3) is 5.91 Å². The molecule has 1 aromatic carbocycles. The Labute approximate surface area is 124 Å². The van der Waals surface area contributed by atoms with Gasteiger partial charge in [-0.25, -0.2) is 9.78 Å². The van der Waals surface area contributed by atoms with Crippen molar-refractivity contribution >= 4 is 34.8 Å². The minimum absolute atomic E-state index is 0.348. The lowest BCUT2D eigenvalue weighted by atomic mass is 10.2. The van der Waals surface area contributed by atoms with E-state index in [0.717, 1.165) is 5.56 Å². The van der Waals surface area contributed by atoms with Gasteiger partial charge in [-0.2, -0.15) is 0 Å². The smallest absolute Gasteiger partial charge is 0.350 e. The molecule has 20 heavy (non-hydrogen) atoms. The van der Waals surface area contributed by atoms with Crippen LogP contribution < -0.4 is 5.73 Å². The average Bonchev–Trinajstić information content (AvgIpc) is 2.78. The highest BCUT2D eigenvalue weighted by molar-refractivity contribution is 7.17. The van der Waals surface area contributed by atoms with Gasteiger partial charge < -0.3 is 10.5 Å². The van der Waals surface area contributed by atoms with Crippen molar-refractivity contribution in [2.45, 2.75) is 6.92 Å². The number of aromatic nitrogens is 1. The molecule has 1 heterocycles. The number of carbonyl (C=O) groups is 2. The molecular weight excluding hydrogens is 300 g/mol. The maximum Gasteiger partial charge on any atom is 0.350 e. The van der Waals surface area contributed by atoms with E-state index in [9.17, 15) is 9.59 Å². The zero-order chi connectivity index (χ0) is 14.7. The molecule has 104 valence electrons. The third kappa shape index (κ3) is 3.34. The number of carbonyl (C=O) groups excluding carboxylic acids is 2. The number of nitrogens with two attached hydrogens (primary N) is 1. The van der Waals surface area contributed by atoms with Gasteiger partial charge in [0.2, 0.25) is 0 Å². The summed E-state index contributed by atoms with van der Waals surface area (Å²) in [5.74, 6) is -1.30. The van der Waals surface area contributed by atoms with Gasteiger partial charge in [0, 0.05) is 10.6 Å². The number of rotatable bonds is 4. The second-order valence-corrected chi connectivity index (χ2v) is 5.42. The van der Waals surface area contributed by atoms with E-state index >= 15 is 0 Å². The van der Waals surface area contributed by atoms with Crippen LogP contribution in [-0.2, 0) is 9.53 Å². The molecule has 0 unspecified atom stereocenters. The molecule has 7 heteroatoms. The molecular formula is C13H11ClN2O3S. The summed E-state index contributed by atoms with van der Waals surface area (Å²) in [7, 11) is 0. The summed E-state index contributed by atoms with van der Waals surface area (Å²) in [6.07, 6.45) is 0. The lowest BCUT2D eigenvalue weighted by molar-refractivity contribution is -0.121. The van der Waals surface area contributed by atoms with E-state index in [4.69, 9.17) is 22.1 Å². The summed E-state index contributed by atoms with van der Waals surface area (Å²) in [6, 6.07) is 7.17. The van der Waals surface area contributed by atoms with Crippen molar-refractivity contribution in [3.8, 4) is 10.6 Å². The first-order chi connectivity index (χ1) is 9.47.